The van der Waals surface area contributed by atoms with Gasteiger partial charge in [0.1, 0.15) is 17.3 Å². The van der Waals surface area contributed by atoms with E-state index in [0.29, 0.717) is 42.3 Å². The first-order valence-electron chi connectivity index (χ1n) is 14.6. The van der Waals surface area contributed by atoms with Crippen molar-refractivity contribution in [3.8, 4) is 16.9 Å². The normalized spacial score (nSPS) is 18.7. The van der Waals surface area contributed by atoms with Crippen molar-refractivity contribution in [3.05, 3.63) is 88.6 Å². The predicted octanol–water partition coefficient (Wildman–Crippen LogP) is 5.29. The molecular weight excluding hydrogens is 564 g/mol. The number of aromatic nitrogens is 4. The molecule has 11 heteroatoms. The summed E-state index contributed by atoms with van der Waals surface area (Å²) in [7, 11) is 0. The third-order valence-electron chi connectivity index (χ3n) is 8.23. The van der Waals surface area contributed by atoms with E-state index in [1.807, 2.05) is 44.7 Å². The van der Waals surface area contributed by atoms with Crippen LogP contribution in [0.15, 0.2) is 60.1 Å². The standard InChI is InChI=1S/C33H33F2N7O2/c1-6-26(43)40-16-20(5)41(17-19(40)4)31-22-15-24(35)29-27-23(34)10-7-11-25(27)36-13-8-9-21-12-14-37-28(18(2)3)30(21)42(32(22)38-29)33(44)39-31/h6-12,14-15,18-20,36H,1,13,16-17H2,2-5H3/b9-8+/t19-,20+/m1/s1. The number of benzene rings is 1. The van der Waals surface area contributed by atoms with Gasteiger partial charge in [0.2, 0.25) is 5.91 Å². The summed E-state index contributed by atoms with van der Waals surface area (Å²) in [4.78, 5) is 44.2. The first-order valence-corrected chi connectivity index (χ1v) is 14.6. The van der Waals surface area contributed by atoms with Gasteiger partial charge in [0.25, 0.3) is 0 Å². The van der Waals surface area contributed by atoms with E-state index in [0.717, 1.165) is 0 Å². The van der Waals surface area contributed by atoms with Gasteiger partial charge in [-0.15, -0.1) is 0 Å². The molecule has 0 unspecified atom stereocenters. The fourth-order valence-corrected chi connectivity index (χ4v) is 6.10. The summed E-state index contributed by atoms with van der Waals surface area (Å²) in [5, 5.41) is 3.46. The Kier molecular flexibility index (Phi) is 7.48. The van der Waals surface area contributed by atoms with E-state index in [1.165, 1.54) is 22.8 Å². The molecule has 1 N–H and O–H groups in total. The number of carbonyl (C=O) groups excluding carboxylic acids is 1. The van der Waals surface area contributed by atoms with Crippen LogP contribution in [0, 0.1) is 11.6 Å². The van der Waals surface area contributed by atoms with Crippen molar-refractivity contribution in [1.29, 1.82) is 0 Å². The molecule has 2 atom stereocenters. The number of rotatable bonds is 3. The van der Waals surface area contributed by atoms with Gasteiger partial charge < -0.3 is 15.1 Å². The highest BCUT2D eigenvalue weighted by Gasteiger charge is 2.34. The quantitative estimate of drug-likeness (QED) is 0.321. The van der Waals surface area contributed by atoms with Gasteiger partial charge in [-0.1, -0.05) is 38.6 Å². The maximum atomic E-state index is 16.2. The molecule has 0 radical (unpaired) electrons. The predicted molar refractivity (Wildman–Crippen MR) is 168 cm³/mol. The van der Waals surface area contributed by atoms with Crippen molar-refractivity contribution in [2.75, 3.05) is 29.9 Å². The number of pyridine rings is 2. The molecule has 1 amide bonds. The van der Waals surface area contributed by atoms with E-state index >= 15 is 8.78 Å². The molecule has 1 fully saturated rings. The number of fused-ring (bicyclic) bond motifs is 5. The van der Waals surface area contributed by atoms with Gasteiger partial charge in [0.15, 0.2) is 11.5 Å². The van der Waals surface area contributed by atoms with E-state index in [1.54, 1.807) is 29.3 Å². The average Bonchev–Trinajstić information content (AvgIpc) is 2.99. The monoisotopic (exact) mass is 597 g/mol. The number of piperazine rings is 1. The molecule has 1 aromatic carbocycles. The number of anilines is 2. The summed E-state index contributed by atoms with van der Waals surface area (Å²) >= 11 is 0. The zero-order chi connectivity index (χ0) is 31.3. The van der Waals surface area contributed by atoms with Crippen molar-refractivity contribution in [3.63, 3.8) is 0 Å². The molecular formula is C33H33F2N7O2. The van der Waals surface area contributed by atoms with E-state index in [9.17, 15) is 9.59 Å². The highest BCUT2D eigenvalue weighted by molar-refractivity contribution is 5.92. The second kappa shape index (κ2) is 11.3. The maximum absolute atomic E-state index is 16.2. The lowest BCUT2D eigenvalue weighted by Gasteiger charge is -2.44. The zero-order valence-electron chi connectivity index (χ0n) is 25.0. The van der Waals surface area contributed by atoms with Crippen LogP contribution in [-0.4, -0.2) is 62.0 Å². The fourth-order valence-electron chi connectivity index (χ4n) is 6.10. The number of nitrogens with one attached hydrogen (secondary N) is 1. The van der Waals surface area contributed by atoms with Crippen molar-refractivity contribution in [2.45, 2.75) is 45.7 Å². The summed E-state index contributed by atoms with van der Waals surface area (Å²) in [6, 6.07) is 7.03. The minimum absolute atomic E-state index is 0.0349. The lowest BCUT2D eigenvalue weighted by Crippen LogP contribution is -2.58. The van der Waals surface area contributed by atoms with E-state index in [-0.39, 0.29) is 52.0 Å². The summed E-state index contributed by atoms with van der Waals surface area (Å²) < 4.78 is 33.0. The number of hydrogen-bond acceptors (Lipinski definition) is 7. The van der Waals surface area contributed by atoms with Crippen LogP contribution in [0.1, 0.15) is 44.9 Å². The Labute approximate surface area is 253 Å². The molecule has 9 nitrogen and oxygen atoms in total. The second-order valence-corrected chi connectivity index (χ2v) is 11.5. The highest BCUT2D eigenvalue weighted by Crippen LogP contribution is 2.37. The van der Waals surface area contributed by atoms with Crippen LogP contribution in [0.25, 0.3) is 34.1 Å². The molecule has 5 heterocycles. The Hall–Kier alpha value is -4.93. The second-order valence-electron chi connectivity index (χ2n) is 11.5. The largest absolute Gasteiger partial charge is 0.381 e. The van der Waals surface area contributed by atoms with Crippen molar-refractivity contribution >= 4 is 34.5 Å². The van der Waals surface area contributed by atoms with Gasteiger partial charge in [0.05, 0.1) is 22.3 Å². The minimum Gasteiger partial charge on any atom is -0.381 e. The number of amides is 1. The molecule has 3 aromatic heterocycles. The molecule has 0 aliphatic carbocycles. The van der Waals surface area contributed by atoms with Gasteiger partial charge in [0, 0.05) is 49.2 Å². The van der Waals surface area contributed by atoms with Crippen LogP contribution in [0.2, 0.25) is 0 Å². The lowest BCUT2D eigenvalue weighted by molar-refractivity contribution is -0.128. The molecule has 226 valence electrons. The van der Waals surface area contributed by atoms with Gasteiger partial charge in [-0.3, -0.25) is 9.78 Å². The Balaban J connectivity index is 1.70. The van der Waals surface area contributed by atoms with Crippen molar-refractivity contribution in [1.82, 2.24) is 24.4 Å². The topological polar surface area (TPSA) is 96.3 Å². The Morgan fingerprint density at radius 2 is 1.91 bits per heavy atom. The van der Waals surface area contributed by atoms with Gasteiger partial charge >= 0.3 is 5.69 Å². The van der Waals surface area contributed by atoms with Crippen LogP contribution in [0.3, 0.4) is 0 Å². The van der Waals surface area contributed by atoms with E-state index in [4.69, 9.17) is 4.98 Å². The van der Waals surface area contributed by atoms with Gasteiger partial charge in [-0.25, -0.2) is 23.1 Å². The third-order valence-corrected chi connectivity index (χ3v) is 8.23. The molecule has 0 spiro atoms. The van der Waals surface area contributed by atoms with Gasteiger partial charge in [-0.05, 0) is 50.1 Å². The third kappa shape index (κ3) is 4.82. The van der Waals surface area contributed by atoms with Crippen molar-refractivity contribution in [2.24, 2.45) is 0 Å². The lowest BCUT2D eigenvalue weighted by atomic mass is 10.0. The first-order chi connectivity index (χ1) is 21.1. The summed E-state index contributed by atoms with van der Waals surface area (Å²) in [5.41, 5.74) is 1.42. The number of halogens is 2. The molecule has 6 rings (SSSR count). The van der Waals surface area contributed by atoms with Crippen LogP contribution in [0.5, 0.6) is 0 Å². The summed E-state index contributed by atoms with van der Waals surface area (Å²) in [6.07, 6.45) is 6.69. The van der Waals surface area contributed by atoms with Crippen LogP contribution < -0.4 is 15.9 Å². The average molecular weight is 598 g/mol. The molecule has 44 heavy (non-hydrogen) atoms. The van der Waals surface area contributed by atoms with E-state index in [2.05, 4.69) is 21.9 Å². The molecule has 4 aromatic rings. The van der Waals surface area contributed by atoms with Crippen LogP contribution in [0.4, 0.5) is 20.3 Å². The summed E-state index contributed by atoms with van der Waals surface area (Å²) in [6.45, 7) is 12.4. The molecule has 2 aliphatic rings. The molecule has 2 bridgehead atoms. The number of hydrogen-bond donors (Lipinski definition) is 1. The zero-order valence-corrected chi connectivity index (χ0v) is 25.0. The van der Waals surface area contributed by atoms with Crippen molar-refractivity contribution < 1.29 is 13.6 Å². The molecule has 1 saturated heterocycles. The van der Waals surface area contributed by atoms with Gasteiger partial charge in [-0.2, -0.15) is 4.98 Å². The van der Waals surface area contributed by atoms with Crippen LogP contribution >= 0.6 is 0 Å². The Morgan fingerprint density at radius 1 is 1.11 bits per heavy atom. The highest BCUT2D eigenvalue weighted by atomic mass is 19.1. The molecule has 0 saturated carbocycles. The van der Waals surface area contributed by atoms with Crippen LogP contribution in [-0.2, 0) is 4.79 Å². The smallest absolute Gasteiger partial charge is 0.355 e. The number of carbonyl (C=O) groups is 1. The Bertz CT molecular complexity index is 1900. The summed E-state index contributed by atoms with van der Waals surface area (Å²) in [5.74, 6) is -1.44. The number of nitrogens with zero attached hydrogens (tertiary/aromatic N) is 6. The SMILES string of the molecule is C=CC(=O)N1C[C@H](C)N(c2nc(=O)n3c4nc(c(F)cc24)-c2c(F)cccc2NC/C=C/c2ccnc(C(C)C)c2-3)C[C@H]1C. The molecule has 2 aliphatic heterocycles. The van der Waals surface area contributed by atoms with E-state index < -0.39 is 17.3 Å². The maximum Gasteiger partial charge on any atom is 0.355 e. The minimum atomic E-state index is -0.761. The fraction of sp³-hybridized carbons (Fsp3) is 0.303. The Morgan fingerprint density at radius 3 is 2.66 bits per heavy atom. The first kappa shape index (κ1) is 29.2.